The molecule has 0 bridgehead atoms. The topological polar surface area (TPSA) is 307 Å². The van der Waals surface area contributed by atoms with Crippen LogP contribution in [0.3, 0.4) is 0 Å². The van der Waals surface area contributed by atoms with Crippen molar-refractivity contribution < 1.29 is 63.3 Å². The smallest absolute Gasteiger partial charge is 0.328 e. The van der Waals surface area contributed by atoms with Crippen molar-refractivity contribution in [1.82, 2.24) is 36.8 Å². The van der Waals surface area contributed by atoms with Gasteiger partial charge in [-0.25, -0.2) is 4.79 Å². The number of nitrogens with one attached hydrogen (secondary N) is 6. The lowest BCUT2D eigenvalue weighted by Gasteiger charge is -2.29. The third kappa shape index (κ3) is 13.9. The van der Waals surface area contributed by atoms with Crippen LogP contribution >= 0.6 is 0 Å². The molecule has 9 N–H and O–H groups in total. The monoisotopic (exact) mass is 727 g/mol. The standard InChI is InChI=1S/C31H49N7O13/c1-6-9-19(24(43)29(48)37-21(14-39)31(50)51)36-28(47)22-10-8-13-38(22)30(49)16(4)33-26(45)18(7-2)35-25(44)15(3)32-27(46)20(34-17(5)40)11-12-23(41)42/h15-16,18-22,39H,6-14H2,1-5H3,(H,32,46)(H,33,45)(H,34,40)(H,35,44)(H,36,47)(H,37,48)(H,41,42)(H,50,51)/t15-,16-,18?,19-,20?,21-,22?/m0/s1. The van der Waals surface area contributed by atoms with Crippen LogP contribution in [0.2, 0.25) is 0 Å². The number of carboxylic acids is 2. The number of ketones is 1. The summed E-state index contributed by atoms with van der Waals surface area (Å²) < 4.78 is 0. The Morgan fingerprint density at radius 1 is 0.725 bits per heavy atom. The Labute approximate surface area is 294 Å². The van der Waals surface area contributed by atoms with Crippen molar-refractivity contribution >= 4 is 59.1 Å². The molecule has 51 heavy (non-hydrogen) atoms. The first-order valence-corrected chi connectivity index (χ1v) is 16.6. The molecule has 0 aromatic rings. The summed E-state index contributed by atoms with van der Waals surface area (Å²) in [6.45, 7) is 6.27. The number of carboxylic acid groups (broad SMARTS) is 2. The normalized spacial score (nSPS) is 17.3. The number of rotatable bonds is 21. The first-order chi connectivity index (χ1) is 23.9. The maximum atomic E-state index is 13.4. The highest BCUT2D eigenvalue weighted by Gasteiger charge is 2.39. The number of hydrogen-bond donors (Lipinski definition) is 9. The third-order valence-electron chi connectivity index (χ3n) is 7.92. The molecule has 0 aliphatic carbocycles. The average molecular weight is 728 g/mol. The predicted octanol–water partition coefficient (Wildman–Crippen LogP) is -3.33. The average Bonchev–Trinajstić information content (AvgIpc) is 3.56. The minimum atomic E-state index is -1.73. The number of Topliss-reactive ketones (excluding diaryl/α,β-unsaturated/α-hetero) is 1. The largest absolute Gasteiger partial charge is 0.481 e. The second-order valence-corrected chi connectivity index (χ2v) is 12.1. The molecule has 1 rings (SSSR count). The fourth-order valence-corrected chi connectivity index (χ4v) is 5.14. The number of hydrogen-bond acceptors (Lipinski definition) is 11. The minimum absolute atomic E-state index is 0.0228. The molecule has 0 aromatic carbocycles. The van der Waals surface area contributed by atoms with E-state index in [1.165, 1.54) is 18.7 Å². The fraction of sp³-hybridized carbons (Fsp3) is 0.677. The van der Waals surface area contributed by atoms with Crippen LogP contribution in [0.1, 0.15) is 79.6 Å². The van der Waals surface area contributed by atoms with Crippen molar-refractivity contribution in [1.29, 1.82) is 0 Å². The van der Waals surface area contributed by atoms with Crippen LogP contribution in [0.5, 0.6) is 0 Å². The van der Waals surface area contributed by atoms with Gasteiger partial charge in [0.1, 0.15) is 30.2 Å². The van der Waals surface area contributed by atoms with Gasteiger partial charge in [0.2, 0.25) is 41.2 Å². The molecular formula is C31H49N7O13. The highest BCUT2D eigenvalue weighted by Crippen LogP contribution is 2.19. The summed E-state index contributed by atoms with van der Waals surface area (Å²) in [4.78, 5) is 125. The molecule has 20 heteroatoms. The van der Waals surface area contributed by atoms with E-state index in [9.17, 15) is 47.9 Å². The zero-order valence-electron chi connectivity index (χ0n) is 29.3. The predicted molar refractivity (Wildman–Crippen MR) is 175 cm³/mol. The van der Waals surface area contributed by atoms with E-state index in [4.69, 9.17) is 15.3 Å². The molecule has 7 amide bonds. The van der Waals surface area contributed by atoms with E-state index in [2.05, 4.69) is 26.6 Å². The van der Waals surface area contributed by atoms with Crippen LogP contribution in [0.25, 0.3) is 0 Å². The highest BCUT2D eigenvalue weighted by atomic mass is 16.4. The van der Waals surface area contributed by atoms with Crippen LogP contribution in [0.15, 0.2) is 0 Å². The highest BCUT2D eigenvalue weighted by molar-refractivity contribution is 6.38. The second kappa shape index (κ2) is 21.2. The van der Waals surface area contributed by atoms with Gasteiger partial charge in [-0.3, -0.25) is 43.2 Å². The maximum Gasteiger partial charge on any atom is 0.328 e. The lowest BCUT2D eigenvalue weighted by molar-refractivity contribution is -0.146. The molecule has 1 fully saturated rings. The summed E-state index contributed by atoms with van der Waals surface area (Å²) in [5.41, 5.74) is 0. The van der Waals surface area contributed by atoms with Crippen LogP contribution in [0.4, 0.5) is 0 Å². The van der Waals surface area contributed by atoms with Gasteiger partial charge in [-0.15, -0.1) is 0 Å². The van der Waals surface area contributed by atoms with Gasteiger partial charge in [-0.05, 0) is 46.0 Å². The van der Waals surface area contributed by atoms with Gasteiger partial charge >= 0.3 is 11.9 Å². The fourth-order valence-electron chi connectivity index (χ4n) is 5.14. The molecule has 0 spiro atoms. The molecule has 0 saturated carbocycles. The molecule has 0 radical (unpaired) electrons. The van der Waals surface area contributed by atoms with Crippen molar-refractivity contribution in [2.24, 2.45) is 0 Å². The Bertz CT molecular complexity index is 1340. The quantitative estimate of drug-likeness (QED) is 0.0523. The maximum absolute atomic E-state index is 13.4. The molecular weight excluding hydrogens is 678 g/mol. The number of aliphatic carboxylic acids is 2. The van der Waals surface area contributed by atoms with Gasteiger partial charge in [0, 0.05) is 19.9 Å². The summed E-state index contributed by atoms with van der Waals surface area (Å²) >= 11 is 0. The van der Waals surface area contributed by atoms with Crippen molar-refractivity contribution in [2.75, 3.05) is 13.2 Å². The van der Waals surface area contributed by atoms with Crippen molar-refractivity contribution in [3.63, 3.8) is 0 Å². The van der Waals surface area contributed by atoms with Crippen LogP contribution in [0, 0.1) is 0 Å². The van der Waals surface area contributed by atoms with Crippen molar-refractivity contribution in [2.45, 2.75) is 122 Å². The SMILES string of the molecule is CCC[C@H](NC(=O)C1CCCN1C(=O)[C@H](C)NC(=O)C(CC)NC(=O)[C@H](C)NC(=O)C(CCC(=O)O)NC(C)=O)C(=O)C(=O)N[C@@H](CO)C(=O)O. The summed E-state index contributed by atoms with van der Waals surface area (Å²) in [5.74, 6) is -9.50. The summed E-state index contributed by atoms with van der Waals surface area (Å²) in [6.07, 6.45) is 0.423. The molecule has 3 unspecified atom stereocenters. The number of likely N-dealkylation sites (tertiary alicyclic amines) is 1. The van der Waals surface area contributed by atoms with Crippen LogP contribution in [-0.2, 0) is 47.9 Å². The van der Waals surface area contributed by atoms with Gasteiger partial charge in [0.05, 0.1) is 12.6 Å². The minimum Gasteiger partial charge on any atom is -0.481 e. The third-order valence-corrected chi connectivity index (χ3v) is 7.92. The first-order valence-electron chi connectivity index (χ1n) is 16.6. The van der Waals surface area contributed by atoms with E-state index in [0.29, 0.717) is 12.8 Å². The Hall–Kier alpha value is -5.14. The van der Waals surface area contributed by atoms with E-state index in [0.717, 1.165) is 6.92 Å². The zero-order chi connectivity index (χ0) is 39.0. The van der Waals surface area contributed by atoms with Gasteiger partial charge in [0.25, 0.3) is 5.91 Å². The summed E-state index contributed by atoms with van der Waals surface area (Å²) in [5, 5.41) is 41.1. The molecule has 0 aromatic heterocycles. The van der Waals surface area contributed by atoms with E-state index in [1.54, 1.807) is 13.8 Å². The summed E-state index contributed by atoms with van der Waals surface area (Å²) in [7, 11) is 0. The first kappa shape index (κ1) is 43.9. The second-order valence-electron chi connectivity index (χ2n) is 12.1. The van der Waals surface area contributed by atoms with Gasteiger partial charge in [-0.1, -0.05) is 20.3 Å². The van der Waals surface area contributed by atoms with E-state index >= 15 is 0 Å². The van der Waals surface area contributed by atoms with Gasteiger partial charge in [0.15, 0.2) is 6.04 Å². The van der Waals surface area contributed by atoms with Crippen LogP contribution in [-0.4, -0.2) is 135 Å². The van der Waals surface area contributed by atoms with Gasteiger partial charge in [-0.2, -0.15) is 0 Å². The summed E-state index contributed by atoms with van der Waals surface area (Å²) in [6, 6.07) is -8.87. The molecule has 1 heterocycles. The Balaban J connectivity index is 2.88. The number of carbonyl (C=O) groups excluding carboxylic acids is 8. The van der Waals surface area contributed by atoms with E-state index < -0.39 is 114 Å². The number of carbonyl (C=O) groups is 10. The number of amides is 7. The molecule has 1 saturated heterocycles. The Morgan fingerprint density at radius 2 is 1.33 bits per heavy atom. The molecule has 20 nitrogen and oxygen atoms in total. The molecule has 286 valence electrons. The molecule has 1 aliphatic rings. The Kier molecular flexibility index (Phi) is 18.2. The lowest BCUT2D eigenvalue weighted by Crippen LogP contribution is -2.58. The lowest BCUT2D eigenvalue weighted by atomic mass is 10.0. The Morgan fingerprint density at radius 3 is 1.86 bits per heavy atom. The van der Waals surface area contributed by atoms with E-state index in [1.807, 2.05) is 5.32 Å². The number of aliphatic hydroxyl groups excluding tert-OH is 1. The number of nitrogens with zero attached hydrogens (tertiary/aromatic N) is 1. The van der Waals surface area contributed by atoms with E-state index in [-0.39, 0.29) is 32.2 Å². The molecule has 7 atom stereocenters. The number of aliphatic hydroxyl groups is 1. The van der Waals surface area contributed by atoms with Crippen LogP contribution < -0.4 is 31.9 Å². The molecule has 1 aliphatic heterocycles. The van der Waals surface area contributed by atoms with Crippen molar-refractivity contribution in [3.05, 3.63) is 0 Å². The van der Waals surface area contributed by atoms with Crippen molar-refractivity contribution in [3.8, 4) is 0 Å². The zero-order valence-corrected chi connectivity index (χ0v) is 29.3. The van der Waals surface area contributed by atoms with Gasteiger partial charge < -0.3 is 52.1 Å².